The van der Waals surface area contributed by atoms with Crippen molar-refractivity contribution < 1.29 is 10.2 Å². The lowest BCUT2D eigenvalue weighted by Gasteiger charge is -2.34. The van der Waals surface area contributed by atoms with Crippen molar-refractivity contribution in [1.82, 2.24) is 9.97 Å². The molecule has 1 aromatic rings. The number of likely N-dealkylation sites (N-methyl/N-ethyl adjacent to an activating group) is 1. The topological polar surface area (TPSA) is 69.5 Å². The van der Waals surface area contributed by atoms with Gasteiger partial charge in [0.15, 0.2) is 0 Å². The highest BCUT2D eigenvalue weighted by Gasteiger charge is 2.23. The van der Waals surface area contributed by atoms with Crippen LogP contribution in [0.5, 0.6) is 0 Å². The molecule has 1 heterocycles. The Bertz CT molecular complexity index is 328. The molecule has 0 aliphatic rings. The first-order valence-electron chi connectivity index (χ1n) is 4.77. The van der Waals surface area contributed by atoms with Crippen LogP contribution >= 0.6 is 0 Å². The van der Waals surface area contributed by atoms with Crippen molar-refractivity contribution in [1.29, 1.82) is 0 Å². The predicted octanol–water partition coefficient (Wildman–Crippen LogP) is 0.176. The molecule has 0 bridgehead atoms. The van der Waals surface area contributed by atoms with Gasteiger partial charge >= 0.3 is 0 Å². The van der Waals surface area contributed by atoms with E-state index in [1.165, 1.54) is 6.20 Å². The monoisotopic (exact) mass is 211 g/mol. The summed E-state index contributed by atoms with van der Waals surface area (Å²) in [6, 6.07) is 0. The zero-order valence-electron chi connectivity index (χ0n) is 9.30. The summed E-state index contributed by atoms with van der Waals surface area (Å²) in [6.07, 6.45) is 3.12. The summed E-state index contributed by atoms with van der Waals surface area (Å²) in [7, 11) is 1.83. The normalized spacial score (nSPS) is 11.5. The van der Waals surface area contributed by atoms with Gasteiger partial charge < -0.3 is 15.1 Å². The maximum absolute atomic E-state index is 9.21. The Morgan fingerprint density at radius 2 is 2.00 bits per heavy atom. The van der Waals surface area contributed by atoms with Crippen LogP contribution in [0.1, 0.15) is 19.5 Å². The number of rotatable bonds is 4. The Morgan fingerprint density at radius 1 is 1.33 bits per heavy atom. The molecule has 0 unspecified atom stereocenters. The molecule has 84 valence electrons. The molecule has 0 radical (unpaired) electrons. The largest absolute Gasteiger partial charge is 0.394 e. The molecule has 0 aliphatic heterocycles. The fraction of sp³-hybridized carbons (Fsp3) is 0.600. The molecule has 1 aromatic heterocycles. The van der Waals surface area contributed by atoms with Gasteiger partial charge in [0.1, 0.15) is 5.82 Å². The molecule has 2 N–H and O–H groups in total. The minimum atomic E-state index is -0.400. The number of hydrogen-bond acceptors (Lipinski definition) is 5. The van der Waals surface area contributed by atoms with Crippen LogP contribution in [0.25, 0.3) is 0 Å². The van der Waals surface area contributed by atoms with Gasteiger partial charge in [-0.25, -0.2) is 4.98 Å². The Kier molecular flexibility index (Phi) is 3.60. The average Bonchev–Trinajstić information content (AvgIpc) is 2.28. The summed E-state index contributed by atoms with van der Waals surface area (Å²) in [4.78, 5) is 10.0. The van der Waals surface area contributed by atoms with E-state index in [9.17, 15) is 5.11 Å². The first kappa shape index (κ1) is 11.9. The second-order valence-corrected chi connectivity index (χ2v) is 4.06. The second kappa shape index (κ2) is 4.55. The molecular weight excluding hydrogens is 194 g/mol. The molecule has 0 spiro atoms. The molecule has 0 aliphatic carbocycles. The number of anilines is 1. The molecule has 0 atom stereocenters. The summed E-state index contributed by atoms with van der Waals surface area (Å²) in [6.45, 7) is 3.70. The molecule has 5 nitrogen and oxygen atoms in total. The Hall–Kier alpha value is -1.20. The number of hydrogen-bond donors (Lipinski definition) is 2. The van der Waals surface area contributed by atoms with E-state index in [-0.39, 0.29) is 13.2 Å². The van der Waals surface area contributed by atoms with Gasteiger partial charge in [-0.1, -0.05) is 0 Å². The van der Waals surface area contributed by atoms with Gasteiger partial charge in [0.2, 0.25) is 0 Å². The molecule has 1 rings (SSSR count). The Labute approximate surface area is 89.4 Å². The minimum absolute atomic E-state index is 0.0224. The quantitative estimate of drug-likeness (QED) is 0.743. The van der Waals surface area contributed by atoms with Gasteiger partial charge in [-0.3, -0.25) is 4.98 Å². The van der Waals surface area contributed by atoms with Crippen LogP contribution in [-0.2, 0) is 6.61 Å². The van der Waals surface area contributed by atoms with E-state index in [0.29, 0.717) is 11.5 Å². The maximum atomic E-state index is 9.21. The maximum Gasteiger partial charge on any atom is 0.147 e. The third kappa shape index (κ3) is 2.64. The molecule has 0 amide bonds. The van der Waals surface area contributed by atoms with Crippen molar-refractivity contribution in [2.45, 2.75) is 26.0 Å². The predicted molar refractivity (Wildman–Crippen MR) is 57.5 cm³/mol. The van der Waals surface area contributed by atoms with Crippen LogP contribution in [0.2, 0.25) is 0 Å². The molecule has 0 fully saturated rings. The van der Waals surface area contributed by atoms with Crippen LogP contribution in [0.4, 0.5) is 5.82 Å². The Morgan fingerprint density at radius 3 is 2.53 bits per heavy atom. The number of nitrogens with zero attached hydrogens (tertiary/aromatic N) is 3. The third-order valence-electron chi connectivity index (χ3n) is 2.47. The fourth-order valence-corrected chi connectivity index (χ4v) is 1.05. The number of aliphatic hydroxyl groups is 2. The zero-order valence-corrected chi connectivity index (χ0v) is 9.30. The smallest absolute Gasteiger partial charge is 0.147 e. The van der Waals surface area contributed by atoms with Crippen LogP contribution < -0.4 is 4.90 Å². The SMILES string of the molecule is CN(c1cncc(CO)n1)C(C)(C)CO. The zero-order chi connectivity index (χ0) is 11.5. The summed E-state index contributed by atoms with van der Waals surface area (Å²) in [5.41, 5.74) is 0.121. The van der Waals surface area contributed by atoms with E-state index in [2.05, 4.69) is 9.97 Å². The molecule has 0 saturated heterocycles. The highest BCUT2D eigenvalue weighted by molar-refractivity contribution is 5.38. The van der Waals surface area contributed by atoms with E-state index < -0.39 is 5.54 Å². The standard InChI is InChI=1S/C10H17N3O2/c1-10(2,7-15)13(3)9-5-11-4-8(6-14)12-9/h4-5,14-15H,6-7H2,1-3H3. The fourth-order valence-electron chi connectivity index (χ4n) is 1.05. The number of aromatic nitrogens is 2. The van der Waals surface area contributed by atoms with Gasteiger partial charge in [0.25, 0.3) is 0 Å². The first-order chi connectivity index (χ1) is 7.01. The number of aliphatic hydroxyl groups excluding tert-OH is 2. The highest BCUT2D eigenvalue weighted by atomic mass is 16.3. The van der Waals surface area contributed by atoms with E-state index in [4.69, 9.17) is 5.11 Å². The molecule has 15 heavy (non-hydrogen) atoms. The summed E-state index contributed by atoms with van der Waals surface area (Å²) in [5, 5.41) is 18.1. The van der Waals surface area contributed by atoms with Crippen molar-refractivity contribution in [3.63, 3.8) is 0 Å². The molecule has 5 heteroatoms. The lowest BCUT2D eigenvalue weighted by atomic mass is 10.1. The molecule has 0 saturated carbocycles. The molecule has 0 aromatic carbocycles. The minimum Gasteiger partial charge on any atom is -0.394 e. The second-order valence-electron chi connectivity index (χ2n) is 4.06. The van der Waals surface area contributed by atoms with Gasteiger partial charge in [-0.15, -0.1) is 0 Å². The van der Waals surface area contributed by atoms with Crippen molar-refractivity contribution in [3.8, 4) is 0 Å². The van der Waals surface area contributed by atoms with Crippen LogP contribution in [0, 0.1) is 0 Å². The van der Waals surface area contributed by atoms with Gasteiger partial charge in [-0.2, -0.15) is 0 Å². The highest BCUT2D eigenvalue weighted by Crippen LogP contribution is 2.18. The van der Waals surface area contributed by atoms with E-state index in [0.717, 1.165) is 0 Å². The van der Waals surface area contributed by atoms with Gasteiger partial charge in [-0.05, 0) is 13.8 Å². The van der Waals surface area contributed by atoms with E-state index in [1.54, 1.807) is 6.20 Å². The van der Waals surface area contributed by atoms with Crippen molar-refractivity contribution in [2.24, 2.45) is 0 Å². The average molecular weight is 211 g/mol. The van der Waals surface area contributed by atoms with Crippen LogP contribution in [-0.4, -0.2) is 39.4 Å². The van der Waals surface area contributed by atoms with Crippen molar-refractivity contribution >= 4 is 5.82 Å². The lowest BCUT2D eigenvalue weighted by Crippen LogP contribution is -2.45. The Balaban J connectivity index is 2.95. The summed E-state index contributed by atoms with van der Waals surface area (Å²) in [5.74, 6) is 0.639. The first-order valence-corrected chi connectivity index (χ1v) is 4.77. The van der Waals surface area contributed by atoms with Gasteiger partial charge in [0.05, 0.1) is 36.8 Å². The lowest BCUT2D eigenvalue weighted by molar-refractivity contribution is 0.215. The van der Waals surface area contributed by atoms with E-state index in [1.807, 2.05) is 25.8 Å². The summed E-state index contributed by atoms with van der Waals surface area (Å²) < 4.78 is 0. The molecular formula is C10H17N3O2. The third-order valence-corrected chi connectivity index (χ3v) is 2.47. The van der Waals surface area contributed by atoms with Crippen LogP contribution in [0.3, 0.4) is 0 Å². The van der Waals surface area contributed by atoms with Crippen molar-refractivity contribution in [3.05, 3.63) is 18.1 Å². The van der Waals surface area contributed by atoms with E-state index >= 15 is 0 Å². The van der Waals surface area contributed by atoms with Crippen LogP contribution in [0.15, 0.2) is 12.4 Å². The van der Waals surface area contributed by atoms with Gasteiger partial charge in [0, 0.05) is 7.05 Å². The summed E-state index contributed by atoms with van der Waals surface area (Å²) >= 11 is 0. The van der Waals surface area contributed by atoms with Crippen molar-refractivity contribution in [2.75, 3.05) is 18.6 Å².